The molecule has 2 N–H and O–H groups in total. The van der Waals surface area contributed by atoms with Crippen LogP contribution in [0.2, 0.25) is 0 Å². The van der Waals surface area contributed by atoms with Crippen LogP contribution in [0.25, 0.3) is 0 Å². The summed E-state index contributed by atoms with van der Waals surface area (Å²) in [6.45, 7) is 5.62. The largest absolute Gasteiger partial charge is 0.314 e. The molecular formula is C14H24N4O2S. The Morgan fingerprint density at radius 1 is 1.24 bits per heavy atom. The number of hydrogen-bond donors (Lipinski definition) is 2. The van der Waals surface area contributed by atoms with Crippen LogP contribution in [-0.2, 0) is 16.4 Å². The van der Waals surface area contributed by atoms with Gasteiger partial charge in [0, 0.05) is 45.1 Å². The zero-order valence-corrected chi connectivity index (χ0v) is 13.1. The number of nitrogens with one attached hydrogen (secondary N) is 2. The Hall–Kier alpha value is -1.02. The van der Waals surface area contributed by atoms with E-state index < -0.39 is 10.0 Å². The molecule has 1 saturated heterocycles. The van der Waals surface area contributed by atoms with Crippen molar-refractivity contribution in [1.29, 1.82) is 0 Å². The highest BCUT2D eigenvalue weighted by Gasteiger charge is 2.11. The highest BCUT2D eigenvalue weighted by Crippen LogP contribution is 2.00. The van der Waals surface area contributed by atoms with E-state index in [1.807, 2.05) is 12.1 Å². The molecule has 1 fully saturated rings. The van der Waals surface area contributed by atoms with Crippen LogP contribution in [0.1, 0.15) is 12.0 Å². The van der Waals surface area contributed by atoms with Gasteiger partial charge in [0.1, 0.15) is 0 Å². The molecule has 6 nitrogen and oxygen atoms in total. The van der Waals surface area contributed by atoms with E-state index in [-0.39, 0.29) is 5.75 Å². The van der Waals surface area contributed by atoms with Gasteiger partial charge in [-0.3, -0.25) is 4.98 Å². The smallest absolute Gasteiger partial charge is 0.211 e. The Morgan fingerprint density at radius 3 is 2.67 bits per heavy atom. The van der Waals surface area contributed by atoms with Gasteiger partial charge in [0.2, 0.25) is 10.0 Å². The normalized spacial score (nSPS) is 17.0. The third-order valence-electron chi connectivity index (χ3n) is 3.59. The summed E-state index contributed by atoms with van der Waals surface area (Å²) in [6.07, 6.45) is 4.75. The second-order valence-corrected chi connectivity index (χ2v) is 7.19. The standard InChI is InChI=1S/C14H24N4O2S/c19-21(20,13-4-14-2-6-15-7-3-14)17-5-1-10-18-11-8-16-9-12-18/h2-3,6-7,16-17H,1,4-5,8-13H2. The van der Waals surface area contributed by atoms with E-state index in [9.17, 15) is 8.42 Å². The first-order valence-corrected chi connectivity index (χ1v) is 9.10. The number of pyridine rings is 1. The van der Waals surface area contributed by atoms with Gasteiger partial charge in [0.15, 0.2) is 0 Å². The molecule has 2 heterocycles. The third-order valence-corrected chi connectivity index (χ3v) is 4.98. The van der Waals surface area contributed by atoms with Crippen molar-refractivity contribution in [3.8, 4) is 0 Å². The average Bonchev–Trinajstić information content (AvgIpc) is 2.52. The van der Waals surface area contributed by atoms with Crippen LogP contribution < -0.4 is 10.0 Å². The zero-order chi connectivity index (χ0) is 15.0. The number of aryl methyl sites for hydroxylation is 1. The molecule has 0 atom stereocenters. The molecule has 0 unspecified atom stereocenters. The van der Waals surface area contributed by atoms with Gasteiger partial charge in [-0.05, 0) is 37.1 Å². The monoisotopic (exact) mass is 312 g/mol. The number of aromatic nitrogens is 1. The van der Waals surface area contributed by atoms with Crippen LogP contribution in [0.15, 0.2) is 24.5 Å². The third kappa shape index (κ3) is 6.52. The van der Waals surface area contributed by atoms with Gasteiger partial charge >= 0.3 is 0 Å². The molecule has 1 aliphatic rings. The molecule has 0 saturated carbocycles. The second kappa shape index (κ2) is 8.43. The quantitative estimate of drug-likeness (QED) is 0.653. The first-order chi connectivity index (χ1) is 10.2. The molecule has 2 rings (SSSR count). The summed E-state index contributed by atoms with van der Waals surface area (Å²) in [7, 11) is -3.18. The minimum absolute atomic E-state index is 0.130. The van der Waals surface area contributed by atoms with Crippen LogP contribution in [0.3, 0.4) is 0 Å². The molecule has 1 aromatic heterocycles. The lowest BCUT2D eigenvalue weighted by Crippen LogP contribution is -2.44. The average molecular weight is 312 g/mol. The van der Waals surface area contributed by atoms with Gasteiger partial charge in [-0.15, -0.1) is 0 Å². The van der Waals surface area contributed by atoms with Crippen LogP contribution >= 0.6 is 0 Å². The molecular weight excluding hydrogens is 288 g/mol. The molecule has 7 heteroatoms. The van der Waals surface area contributed by atoms with Crippen molar-refractivity contribution in [2.45, 2.75) is 12.8 Å². The lowest BCUT2D eigenvalue weighted by Gasteiger charge is -2.27. The molecule has 0 bridgehead atoms. The fourth-order valence-corrected chi connectivity index (χ4v) is 3.44. The van der Waals surface area contributed by atoms with Gasteiger partial charge in [0.05, 0.1) is 5.75 Å². The molecule has 0 aliphatic carbocycles. The Balaban J connectivity index is 1.62. The van der Waals surface area contributed by atoms with Crippen molar-refractivity contribution in [3.63, 3.8) is 0 Å². The van der Waals surface area contributed by atoms with Crippen molar-refractivity contribution in [3.05, 3.63) is 30.1 Å². The van der Waals surface area contributed by atoms with E-state index in [0.717, 1.165) is 44.7 Å². The lowest BCUT2D eigenvalue weighted by atomic mass is 10.2. The van der Waals surface area contributed by atoms with Crippen LogP contribution in [0, 0.1) is 0 Å². The first kappa shape index (κ1) is 16.4. The number of hydrogen-bond acceptors (Lipinski definition) is 5. The SMILES string of the molecule is O=S(=O)(CCc1ccncc1)NCCCN1CCNCC1. The van der Waals surface area contributed by atoms with Crippen molar-refractivity contribution in [1.82, 2.24) is 19.9 Å². The number of sulfonamides is 1. The fourth-order valence-electron chi connectivity index (χ4n) is 2.34. The Morgan fingerprint density at radius 2 is 1.95 bits per heavy atom. The maximum atomic E-state index is 11.9. The predicted octanol–water partition coefficient (Wildman–Crippen LogP) is -0.161. The summed E-state index contributed by atoms with van der Waals surface area (Å²) >= 11 is 0. The first-order valence-electron chi connectivity index (χ1n) is 7.45. The van der Waals surface area contributed by atoms with Crippen LogP contribution in [-0.4, -0.2) is 63.3 Å². The van der Waals surface area contributed by atoms with Gasteiger partial charge in [-0.1, -0.05) is 0 Å². The van der Waals surface area contributed by atoms with Gasteiger partial charge < -0.3 is 10.2 Å². The van der Waals surface area contributed by atoms with Gasteiger partial charge in [-0.2, -0.15) is 0 Å². The Labute approximate surface area is 127 Å². The van der Waals surface area contributed by atoms with Crippen molar-refractivity contribution >= 4 is 10.0 Å². The highest BCUT2D eigenvalue weighted by molar-refractivity contribution is 7.89. The molecule has 118 valence electrons. The summed E-state index contributed by atoms with van der Waals surface area (Å²) in [5.41, 5.74) is 0.996. The van der Waals surface area contributed by atoms with Gasteiger partial charge in [0.25, 0.3) is 0 Å². The summed E-state index contributed by atoms with van der Waals surface area (Å²) in [4.78, 5) is 6.28. The highest BCUT2D eigenvalue weighted by atomic mass is 32.2. The molecule has 0 spiro atoms. The van der Waals surface area contributed by atoms with E-state index in [4.69, 9.17) is 0 Å². The van der Waals surface area contributed by atoms with E-state index in [1.165, 1.54) is 0 Å². The van der Waals surface area contributed by atoms with Gasteiger partial charge in [-0.25, -0.2) is 13.1 Å². The molecule has 0 amide bonds. The molecule has 0 radical (unpaired) electrons. The molecule has 0 aromatic carbocycles. The molecule has 1 aromatic rings. The number of rotatable bonds is 8. The topological polar surface area (TPSA) is 74.3 Å². The predicted molar refractivity (Wildman–Crippen MR) is 83.7 cm³/mol. The molecule has 21 heavy (non-hydrogen) atoms. The number of nitrogens with zero attached hydrogens (tertiary/aromatic N) is 2. The zero-order valence-electron chi connectivity index (χ0n) is 12.3. The number of piperazine rings is 1. The summed E-state index contributed by atoms with van der Waals surface area (Å²) < 4.78 is 26.5. The Bertz CT molecular complexity index is 501. The summed E-state index contributed by atoms with van der Waals surface area (Å²) in [5.74, 6) is 0.130. The molecule has 1 aliphatic heterocycles. The van der Waals surface area contributed by atoms with Crippen LogP contribution in [0.4, 0.5) is 0 Å². The van der Waals surface area contributed by atoms with E-state index in [0.29, 0.717) is 13.0 Å². The fraction of sp³-hybridized carbons (Fsp3) is 0.643. The van der Waals surface area contributed by atoms with E-state index in [2.05, 4.69) is 19.9 Å². The summed E-state index contributed by atoms with van der Waals surface area (Å²) in [6, 6.07) is 3.69. The maximum absolute atomic E-state index is 11.9. The summed E-state index contributed by atoms with van der Waals surface area (Å²) in [5, 5.41) is 3.30. The van der Waals surface area contributed by atoms with Crippen molar-refractivity contribution in [2.24, 2.45) is 0 Å². The van der Waals surface area contributed by atoms with Crippen molar-refractivity contribution in [2.75, 3.05) is 45.0 Å². The maximum Gasteiger partial charge on any atom is 0.211 e. The Kier molecular flexibility index (Phi) is 6.56. The van der Waals surface area contributed by atoms with E-state index in [1.54, 1.807) is 12.4 Å². The minimum Gasteiger partial charge on any atom is -0.314 e. The minimum atomic E-state index is -3.18. The van der Waals surface area contributed by atoms with Crippen LogP contribution in [0.5, 0.6) is 0 Å². The van der Waals surface area contributed by atoms with E-state index >= 15 is 0 Å². The lowest BCUT2D eigenvalue weighted by molar-refractivity contribution is 0.239. The van der Waals surface area contributed by atoms with Crippen molar-refractivity contribution < 1.29 is 8.42 Å². The second-order valence-electron chi connectivity index (χ2n) is 5.26.